The molecule has 2 aliphatic rings. The van der Waals surface area contributed by atoms with Crippen LogP contribution in [0.4, 0.5) is 4.79 Å². The molecule has 1 saturated heterocycles. The molecule has 2 atom stereocenters. The highest BCUT2D eigenvalue weighted by Gasteiger charge is 2.48. The molecule has 0 bridgehead atoms. The fourth-order valence-corrected chi connectivity index (χ4v) is 3.84. The fraction of sp³-hybridized carbons (Fsp3) is 0.591. The molecule has 3 rings (SSSR count). The summed E-state index contributed by atoms with van der Waals surface area (Å²) in [5.41, 5.74) is -0.283. The number of fused-ring (bicyclic) bond motifs is 1. The maximum absolute atomic E-state index is 13.0. The van der Waals surface area contributed by atoms with Crippen molar-refractivity contribution in [2.75, 3.05) is 13.3 Å². The Balaban J connectivity index is 1.56. The van der Waals surface area contributed by atoms with Gasteiger partial charge in [0.2, 0.25) is 12.7 Å². The molecule has 0 aliphatic carbocycles. The van der Waals surface area contributed by atoms with Crippen molar-refractivity contribution in [3.63, 3.8) is 0 Å². The van der Waals surface area contributed by atoms with Crippen LogP contribution in [0.1, 0.15) is 52.5 Å². The second-order valence-corrected chi connectivity index (χ2v) is 8.81. The van der Waals surface area contributed by atoms with Crippen LogP contribution < -0.4 is 20.1 Å². The van der Waals surface area contributed by atoms with Crippen LogP contribution in [-0.2, 0) is 16.0 Å². The van der Waals surface area contributed by atoms with Gasteiger partial charge in [-0.2, -0.15) is 0 Å². The van der Waals surface area contributed by atoms with E-state index in [0.717, 1.165) is 29.7 Å². The van der Waals surface area contributed by atoms with Gasteiger partial charge in [0.1, 0.15) is 12.1 Å². The molecule has 1 aromatic carbocycles. The van der Waals surface area contributed by atoms with Crippen LogP contribution in [0.2, 0.25) is 0 Å². The van der Waals surface area contributed by atoms with Gasteiger partial charge in [-0.25, -0.2) is 4.79 Å². The van der Waals surface area contributed by atoms with Crippen molar-refractivity contribution in [3.05, 3.63) is 23.8 Å². The Morgan fingerprint density at radius 3 is 2.67 bits per heavy atom. The maximum atomic E-state index is 13.0. The van der Waals surface area contributed by atoms with Crippen LogP contribution in [-0.4, -0.2) is 47.7 Å². The van der Waals surface area contributed by atoms with E-state index < -0.39 is 17.5 Å². The molecule has 0 aromatic heterocycles. The molecular weight excluding hydrogens is 386 g/mol. The molecule has 0 radical (unpaired) electrons. The summed E-state index contributed by atoms with van der Waals surface area (Å²) < 4.78 is 10.7. The van der Waals surface area contributed by atoms with Gasteiger partial charge in [0.25, 0.3) is 5.91 Å². The SMILES string of the molecule is CC(C)CCC[C@@H](C)NC(=O)CN1C(=O)N[C@](C)(Cc2ccc3c(c2)OCO3)C1=O. The first-order valence-electron chi connectivity index (χ1n) is 10.5. The normalized spacial score (nSPS) is 21.2. The summed E-state index contributed by atoms with van der Waals surface area (Å²) in [6.07, 6.45) is 3.28. The molecule has 0 spiro atoms. The highest BCUT2D eigenvalue weighted by atomic mass is 16.7. The number of benzene rings is 1. The van der Waals surface area contributed by atoms with Crippen LogP contribution in [0.25, 0.3) is 0 Å². The predicted octanol–water partition coefficient (Wildman–Crippen LogP) is 2.60. The maximum Gasteiger partial charge on any atom is 0.325 e. The minimum absolute atomic E-state index is 0.00275. The van der Waals surface area contributed by atoms with Crippen LogP contribution in [0, 0.1) is 5.92 Å². The fourth-order valence-electron chi connectivity index (χ4n) is 3.84. The lowest BCUT2D eigenvalue weighted by atomic mass is 9.92. The number of amides is 4. The van der Waals surface area contributed by atoms with Gasteiger partial charge in [-0.05, 0) is 43.9 Å². The molecule has 2 heterocycles. The van der Waals surface area contributed by atoms with E-state index in [9.17, 15) is 14.4 Å². The third kappa shape index (κ3) is 5.04. The summed E-state index contributed by atoms with van der Waals surface area (Å²) in [5.74, 6) is 1.17. The quantitative estimate of drug-likeness (QED) is 0.602. The van der Waals surface area contributed by atoms with Gasteiger partial charge in [0, 0.05) is 12.5 Å². The number of hydrogen-bond donors (Lipinski definition) is 2. The largest absolute Gasteiger partial charge is 0.454 e. The Morgan fingerprint density at radius 1 is 1.20 bits per heavy atom. The smallest absolute Gasteiger partial charge is 0.325 e. The lowest BCUT2D eigenvalue weighted by molar-refractivity contribution is -0.134. The van der Waals surface area contributed by atoms with Crippen LogP contribution in [0.3, 0.4) is 0 Å². The summed E-state index contributed by atoms with van der Waals surface area (Å²) in [7, 11) is 0. The van der Waals surface area contributed by atoms with Gasteiger partial charge in [0.05, 0.1) is 0 Å². The molecule has 2 aliphatic heterocycles. The molecule has 8 nitrogen and oxygen atoms in total. The summed E-state index contributed by atoms with van der Waals surface area (Å²) in [5, 5.41) is 5.62. The van der Waals surface area contributed by atoms with E-state index in [1.165, 1.54) is 0 Å². The zero-order valence-electron chi connectivity index (χ0n) is 18.1. The number of nitrogens with zero attached hydrogens (tertiary/aromatic N) is 1. The topological polar surface area (TPSA) is 97.0 Å². The number of urea groups is 1. The highest BCUT2D eigenvalue weighted by Crippen LogP contribution is 2.34. The molecule has 164 valence electrons. The molecule has 0 saturated carbocycles. The van der Waals surface area contributed by atoms with Crippen LogP contribution in [0.5, 0.6) is 11.5 Å². The van der Waals surface area contributed by atoms with E-state index in [1.54, 1.807) is 19.1 Å². The van der Waals surface area contributed by atoms with E-state index in [2.05, 4.69) is 24.5 Å². The van der Waals surface area contributed by atoms with Gasteiger partial charge in [0.15, 0.2) is 11.5 Å². The molecule has 4 amide bonds. The molecule has 1 aromatic rings. The number of carbonyl (C=O) groups excluding carboxylic acids is 3. The number of nitrogens with one attached hydrogen (secondary N) is 2. The molecule has 2 N–H and O–H groups in total. The van der Waals surface area contributed by atoms with Gasteiger partial charge >= 0.3 is 6.03 Å². The lowest BCUT2D eigenvalue weighted by Crippen LogP contribution is -2.47. The summed E-state index contributed by atoms with van der Waals surface area (Å²) >= 11 is 0. The van der Waals surface area contributed by atoms with Gasteiger partial charge in [-0.3, -0.25) is 14.5 Å². The first-order chi connectivity index (χ1) is 14.2. The predicted molar refractivity (Wildman–Crippen MR) is 111 cm³/mol. The molecular formula is C22H31N3O5. The van der Waals surface area contributed by atoms with Crippen molar-refractivity contribution in [2.45, 2.75) is 65.0 Å². The standard InChI is InChI=1S/C22H31N3O5/c1-14(2)6-5-7-15(3)23-19(26)12-25-20(27)22(4,24-21(25)28)11-16-8-9-17-18(10-16)30-13-29-17/h8-10,14-15H,5-7,11-13H2,1-4H3,(H,23,26)(H,24,28)/t15-,22-/m1/s1. The Morgan fingerprint density at radius 2 is 1.93 bits per heavy atom. The van der Waals surface area contributed by atoms with Crippen LogP contribution >= 0.6 is 0 Å². The van der Waals surface area contributed by atoms with Crippen LogP contribution in [0.15, 0.2) is 18.2 Å². The number of rotatable bonds is 9. The number of ether oxygens (including phenoxy) is 2. The minimum Gasteiger partial charge on any atom is -0.454 e. The summed E-state index contributed by atoms with van der Waals surface area (Å²) in [6.45, 7) is 7.83. The summed E-state index contributed by atoms with van der Waals surface area (Å²) in [4.78, 5) is 38.7. The van der Waals surface area contributed by atoms with Gasteiger partial charge in [-0.15, -0.1) is 0 Å². The Bertz CT molecular complexity index is 825. The van der Waals surface area contributed by atoms with E-state index in [1.807, 2.05) is 13.0 Å². The zero-order chi connectivity index (χ0) is 21.9. The van der Waals surface area contributed by atoms with Gasteiger partial charge < -0.3 is 20.1 Å². The highest BCUT2D eigenvalue weighted by molar-refractivity contribution is 6.08. The van der Waals surface area contributed by atoms with Gasteiger partial charge in [-0.1, -0.05) is 32.8 Å². The van der Waals surface area contributed by atoms with E-state index in [-0.39, 0.29) is 31.7 Å². The average molecular weight is 418 g/mol. The number of hydrogen-bond acceptors (Lipinski definition) is 5. The monoisotopic (exact) mass is 417 g/mol. The molecule has 8 heteroatoms. The number of imide groups is 1. The Hall–Kier alpha value is -2.77. The average Bonchev–Trinajstić information content (AvgIpc) is 3.19. The Kier molecular flexibility index (Phi) is 6.53. The van der Waals surface area contributed by atoms with Crippen molar-refractivity contribution >= 4 is 17.8 Å². The molecule has 0 unspecified atom stereocenters. The second kappa shape index (κ2) is 8.93. The molecule has 30 heavy (non-hydrogen) atoms. The Labute approximate surface area is 177 Å². The first-order valence-corrected chi connectivity index (χ1v) is 10.5. The first kappa shape index (κ1) is 21.9. The van der Waals surface area contributed by atoms with Crippen molar-refractivity contribution in [1.29, 1.82) is 0 Å². The third-order valence-corrected chi connectivity index (χ3v) is 5.47. The van der Waals surface area contributed by atoms with Crippen molar-refractivity contribution in [2.24, 2.45) is 5.92 Å². The number of carbonyl (C=O) groups is 3. The van der Waals surface area contributed by atoms with E-state index in [0.29, 0.717) is 17.4 Å². The van der Waals surface area contributed by atoms with E-state index in [4.69, 9.17) is 9.47 Å². The van der Waals surface area contributed by atoms with Crippen molar-refractivity contribution in [3.8, 4) is 11.5 Å². The third-order valence-electron chi connectivity index (χ3n) is 5.47. The van der Waals surface area contributed by atoms with Crippen molar-refractivity contribution < 1.29 is 23.9 Å². The summed E-state index contributed by atoms with van der Waals surface area (Å²) in [6, 6.07) is 4.88. The molecule has 1 fully saturated rings. The van der Waals surface area contributed by atoms with E-state index >= 15 is 0 Å². The zero-order valence-corrected chi connectivity index (χ0v) is 18.1. The second-order valence-electron chi connectivity index (χ2n) is 8.81. The van der Waals surface area contributed by atoms with Crippen molar-refractivity contribution in [1.82, 2.24) is 15.5 Å². The minimum atomic E-state index is -1.12. The lowest BCUT2D eigenvalue weighted by Gasteiger charge is -2.22.